The van der Waals surface area contributed by atoms with Gasteiger partial charge in [-0.05, 0) is 25.1 Å². The number of carbonyl (C=O) groups is 2. The Kier molecular flexibility index (Phi) is 4.82. The van der Waals surface area contributed by atoms with Gasteiger partial charge in [-0.3, -0.25) is 0 Å². The van der Waals surface area contributed by atoms with Crippen LogP contribution in [0, 0.1) is 5.82 Å². The van der Waals surface area contributed by atoms with Crippen molar-refractivity contribution in [2.45, 2.75) is 18.6 Å². The Hall–Kier alpha value is -1.84. The van der Waals surface area contributed by atoms with Crippen LogP contribution in [0.15, 0.2) is 22.7 Å². The van der Waals surface area contributed by atoms with Crippen molar-refractivity contribution in [3.8, 4) is 0 Å². The van der Waals surface area contributed by atoms with E-state index in [0.29, 0.717) is 4.47 Å². The number of carboxylic acid groups (broad SMARTS) is 1. The highest BCUT2D eigenvalue weighted by atomic mass is 79.9. The highest BCUT2D eigenvalue weighted by Crippen LogP contribution is 2.30. The van der Waals surface area contributed by atoms with E-state index in [4.69, 9.17) is 5.11 Å². The zero-order valence-corrected chi connectivity index (χ0v) is 12.0. The quantitative estimate of drug-likeness (QED) is 0.713. The van der Waals surface area contributed by atoms with E-state index >= 15 is 0 Å². The molecule has 2 amide bonds. The Morgan fingerprint density at radius 2 is 1.86 bits per heavy atom. The highest BCUT2D eigenvalue weighted by molar-refractivity contribution is 9.10. The lowest BCUT2D eigenvalue weighted by Crippen LogP contribution is -2.62. The molecule has 0 spiro atoms. The number of carboxylic acids is 1. The standard InChI is InChI=1S/C11H9BrF4N2O3/c1-10(8(19)20,11(14,15)16)18-9(21)17-7-4-5(12)2-3-6(7)13/h2-4H,1H3,(H,19,20)(H2,17,18,21). The molecule has 0 aliphatic heterocycles. The molecule has 1 aromatic carbocycles. The van der Waals surface area contributed by atoms with Gasteiger partial charge in [0.25, 0.3) is 0 Å². The summed E-state index contributed by atoms with van der Waals surface area (Å²) in [6.07, 6.45) is -5.23. The van der Waals surface area contributed by atoms with E-state index in [1.165, 1.54) is 11.4 Å². The molecule has 5 nitrogen and oxygen atoms in total. The Morgan fingerprint density at radius 1 is 1.29 bits per heavy atom. The van der Waals surface area contributed by atoms with Gasteiger partial charge in [-0.15, -0.1) is 0 Å². The first-order chi connectivity index (χ1) is 9.47. The van der Waals surface area contributed by atoms with Gasteiger partial charge in [-0.1, -0.05) is 15.9 Å². The fourth-order valence-electron chi connectivity index (χ4n) is 1.22. The van der Waals surface area contributed by atoms with Gasteiger partial charge >= 0.3 is 18.2 Å². The fraction of sp³-hybridized carbons (Fsp3) is 0.273. The number of alkyl halides is 3. The molecule has 0 heterocycles. The number of halogens is 5. The van der Waals surface area contributed by atoms with Gasteiger partial charge in [-0.2, -0.15) is 13.2 Å². The van der Waals surface area contributed by atoms with Gasteiger partial charge < -0.3 is 15.7 Å². The van der Waals surface area contributed by atoms with E-state index in [0.717, 1.165) is 12.1 Å². The molecule has 1 unspecified atom stereocenters. The Balaban J connectivity index is 2.95. The maximum absolute atomic E-state index is 13.4. The summed E-state index contributed by atoms with van der Waals surface area (Å²) >= 11 is 2.99. The van der Waals surface area contributed by atoms with E-state index in [1.54, 1.807) is 0 Å². The normalized spacial score (nSPS) is 14.2. The van der Waals surface area contributed by atoms with E-state index < -0.39 is 35.2 Å². The number of rotatable bonds is 3. The highest BCUT2D eigenvalue weighted by Gasteiger charge is 2.58. The van der Waals surface area contributed by atoms with Crippen LogP contribution in [0.4, 0.5) is 28.0 Å². The maximum Gasteiger partial charge on any atom is 0.422 e. The van der Waals surface area contributed by atoms with Crippen LogP contribution in [0.1, 0.15) is 6.92 Å². The number of benzene rings is 1. The number of anilines is 1. The minimum atomic E-state index is -5.23. The third-order valence-electron chi connectivity index (χ3n) is 2.53. The smallest absolute Gasteiger partial charge is 0.422 e. The van der Waals surface area contributed by atoms with Gasteiger partial charge in [0.2, 0.25) is 5.54 Å². The molecule has 1 rings (SSSR count). The number of carbonyl (C=O) groups excluding carboxylic acids is 1. The number of aliphatic carboxylic acids is 1. The molecule has 21 heavy (non-hydrogen) atoms. The molecule has 3 N–H and O–H groups in total. The predicted molar refractivity (Wildman–Crippen MR) is 68.4 cm³/mol. The molecule has 0 aromatic heterocycles. The Morgan fingerprint density at radius 3 is 2.33 bits per heavy atom. The number of hydrogen-bond acceptors (Lipinski definition) is 2. The molecule has 0 bridgehead atoms. The first-order valence-corrected chi connectivity index (χ1v) is 6.11. The molecule has 0 radical (unpaired) electrons. The molecule has 0 aliphatic carbocycles. The molecule has 0 fully saturated rings. The van der Waals surface area contributed by atoms with Crippen LogP contribution in [-0.4, -0.2) is 28.8 Å². The van der Waals surface area contributed by atoms with Crippen LogP contribution in [0.3, 0.4) is 0 Å². The first-order valence-electron chi connectivity index (χ1n) is 5.31. The largest absolute Gasteiger partial charge is 0.479 e. The van der Waals surface area contributed by atoms with Crippen molar-refractivity contribution in [1.82, 2.24) is 5.32 Å². The molecule has 116 valence electrons. The maximum atomic E-state index is 13.4. The summed E-state index contributed by atoms with van der Waals surface area (Å²) in [4.78, 5) is 22.2. The second-order valence-corrected chi connectivity index (χ2v) is 5.05. The van der Waals surface area contributed by atoms with E-state index in [1.807, 2.05) is 5.32 Å². The fourth-order valence-corrected chi connectivity index (χ4v) is 1.58. The molecular formula is C11H9BrF4N2O3. The van der Waals surface area contributed by atoms with E-state index in [9.17, 15) is 27.2 Å². The number of nitrogens with one attached hydrogen (secondary N) is 2. The lowest BCUT2D eigenvalue weighted by molar-refractivity contribution is -0.203. The van der Waals surface area contributed by atoms with Crippen molar-refractivity contribution in [1.29, 1.82) is 0 Å². The average Bonchev–Trinajstić information content (AvgIpc) is 2.32. The monoisotopic (exact) mass is 372 g/mol. The third kappa shape index (κ3) is 3.84. The number of amides is 2. The van der Waals surface area contributed by atoms with Gasteiger partial charge in [0, 0.05) is 4.47 Å². The van der Waals surface area contributed by atoms with Crippen molar-refractivity contribution >= 4 is 33.6 Å². The average molecular weight is 373 g/mol. The van der Waals surface area contributed by atoms with Crippen molar-refractivity contribution in [3.05, 3.63) is 28.5 Å². The van der Waals surface area contributed by atoms with Crippen molar-refractivity contribution in [2.24, 2.45) is 0 Å². The Bertz CT molecular complexity index is 579. The molecule has 0 aliphatic rings. The first kappa shape index (κ1) is 17.2. The topological polar surface area (TPSA) is 78.4 Å². The summed E-state index contributed by atoms with van der Waals surface area (Å²) in [5.74, 6) is -3.18. The zero-order chi connectivity index (χ0) is 16.4. The van der Waals surface area contributed by atoms with Gasteiger partial charge in [0.1, 0.15) is 5.82 Å². The number of hydrogen-bond donors (Lipinski definition) is 3. The third-order valence-corrected chi connectivity index (χ3v) is 3.03. The predicted octanol–water partition coefficient (Wildman–Crippen LogP) is 3.12. The summed E-state index contributed by atoms with van der Waals surface area (Å²) < 4.78 is 51.8. The molecule has 0 saturated heterocycles. The summed E-state index contributed by atoms with van der Waals surface area (Å²) in [5.41, 5.74) is -3.91. The van der Waals surface area contributed by atoms with E-state index in [-0.39, 0.29) is 6.92 Å². The van der Waals surface area contributed by atoms with Gasteiger partial charge in [0.15, 0.2) is 0 Å². The van der Waals surface area contributed by atoms with Crippen LogP contribution >= 0.6 is 15.9 Å². The Labute approximate surface area is 124 Å². The summed E-state index contributed by atoms with van der Waals surface area (Å²) in [7, 11) is 0. The molecule has 10 heteroatoms. The van der Waals surface area contributed by atoms with Crippen LogP contribution in [-0.2, 0) is 4.79 Å². The van der Waals surface area contributed by atoms with Crippen LogP contribution in [0.25, 0.3) is 0 Å². The second-order valence-electron chi connectivity index (χ2n) is 4.13. The number of urea groups is 1. The molecule has 1 atom stereocenters. The van der Waals surface area contributed by atoms with Crippen molar-refractivity contribution in [3.63, 3.8) is 0 Å². The zero-order valence-electron chi connectivity index (χ0n) is 10.4. The van der Waals surface area contributed by atoms with Crippen LogP contribution in [0.2, 0.25) is 0 Å². The summed E-state index contributed by atoms with van der Waals surface area (Å²) in [6.45, 7) is 0.284. The van der Waals surface area contributed by atoms with Crippen molar-refractivity contribution < 1.29 is 32.3 Å². The molecule has 0 saturated carbocycles. The lowest BCUT2D eigenvalue weighted by Gasteiger charge is -2.28. The second kappa shape index (κ2) is 5.88. The van der Waals surface area contributed by atoms with Crippen LogP contribution < -0.4 is 10.6 Å². The molecule has 1 aromatic rings. The minimum Gasteiger partial charge on any atom is -0.479 e. The minimum absolute atomic E-state index is 0.284. The lowest BCUT2D eigenvalue weighted by atomic mass is 10.0. The summed E-state index contributed by atoms with van der Waals surface area (Å²) in [6, 6.07) is 1.89. The SMILES string of the molecule is CC(NC(=O)Nc1cc(Br)ccc1F)(C(=O)O)C(F)(F)F. The van der Waals surface area contributed by atoms with E-state index in [2.05, 4.69) is 15.9 Å². The van der Waals surface area contributed by atoms with Crippen molar-refractivity contribution in [2.75, 3.05) is 5.32 Å². The van der Waals surface area contributed by atoms with Gasteiger partial charge in [0.05, 0.1) is 5.69 Å². The summed E-state index contributed by atoms with van der Waals surface area (Å²) in [5, 5.41) is 11.7. The van der Waals surface area contributed by atoms with Gasteiger partial charge in [-0.25, -0.2) is 14.0 Å². The molecular weight excluding hydrogens is 364 g/mol. The van der Waals surface area contributed by atoms with Crippen LogP contribution in [0.5, 0.6) is 0 Å².